The molecule has 6 amide bonds. The molecule has 0 saturated heterocycles. The van der Waals surface area contributed by atoms with Crippen molar-refractivity contribution in [3.8, 4) is 0 Å². The minimum Gasteiger partial charge on any atom is -0.481 e. The van der Waals surface area contributed by atoms with E-state index in [9.17, 15) is 59.1 Å². The molecular weight excluding hydrogens is 955 g/mol. The largest absolute Gasteiger partial charge is 0.481 e. The zero-order valence-corrected chi connectivity index (χ0v) is 41.7. The fraction of sp³-hybridized carbons (Fsp3) is 0.636. The van der Waals surface area contributed by atoms with Crippen LogP contribution in [0.2, 0.25) is 0 Å². The molecule has 13 N–H and O–H groups in total. The monoisotopic (exact) mass is 1030 g/mol. The highest BCUT2D eigenvalue weighted by Crippen LogP contribution is 2.14. The number of aliphatic carboxylic acids is 2. The molecule has 26 heteroatoms. The molecule has 0 spiro atoms. The molecule has 1 aromatic carbocycles. The maximum absolute atomic E-state index is 12.3. The van der Waals surface area contributed by atoms with Crippen LogP contribution in [0.4, 0.5) is 11.4 Å². The number of anilines is 2. The molecule has 0 aliphatic carbocycles. The van der Waals surface area contributed by atoms with Crippen LogP contribution in [0.5, 0.6) is 0 Å². The van der Waals surface area contributed by atoms with Gasteiger partial charge in [0.05, 0.1) is 12.5 Å². The van der Waals surface area contributed by atoms with Gasteiger partial charge in [-0.15, -0.1) is 0 Å². The predicted molar refractivity (Wildman–Crippen MR) is 266 cm³/mol. The summed E-state index contributed by atoms with van der Waals surface area (Å²) in [5.74, 6) is -5.33. The Hall–Kier alpha value is -5.80. The van der Waals surface area contributed by atoms with E-state index in [2.05, 4.69) is 42.5 Å². The molecule has 2 atom stereocenters. The lowest BCUT2D eigenvalue weighted by Gasteiger charge is -2.19. The van der Waals surface area contributed by atoms with E-state index >= 15 is 0 Å². The molecule has 24 nitrogen and oxygen atoms in total. The van der Waals surface area contributed by atoms with E-state index in [1.165, 1.54) is 14.0 Å². The summed E-state index contributed by atoms with van der Waals surface area (Å²) in [6, 6.07) is 5.01. The highest BCUT2D eigenvalue weighted by Gasteiger charge is 2.26. The number of carbonyl (C=O) groups is 8. The number of hydrogen-bond acceptors (Lipinski definition) is 14. The SMILES string of the molecule is CN[C@@H](CC(=O)O)C(=O)N[C@@H](CCCCNC(=S)Nc1ccc(NC(=S)NCCCCCN(O)C(=O)CCC(=O)NCCCCCN(O)C(=O)CCC(=O)NCCCCCN(O)C(C)=O)cc1)C(=O)O. The van der Waals surface area contributed by atoms with Gasteiger partial charge in [-0.3, -0.25) is 49.2 Å². The van der Waals surface area contributed by atoms with Crippen LogP contribution in [0.3, 0.4) is 0 Å². The number of nitrogens with one attached hydrogen (secondary N) is 8. The van der Waals surface area contributed by atoms with Gasteiger partial charge < -0.3 is 52.7 Å². The molecule has 0 aliphatic heterocycles. The third-order valence-corrected chi connectivity index (χ3v) is 10.9. The Morgan fingerprint density at radius 2 is 0.943 bits per heavy atom. The number of hydroxylamine groups is 6. The first-order valence-electron chi connectivity index (χ1n) is 23.4. The third-order valence-electron chi connectivity index (χ3n) is 10.4. The summed E-state index contributed by atoms with van der Waals surface area (Å²) in [7, 11) is 1.42. The molecule has 0 heterocycles. The highest BCUT2D eigenvalue weighted by molar-refractivity contribution is 7.80. The van der Waals surface area contributed by atoms with E-state index in [0.717, 1.165) is 5.69 Å². The molecule has 0 fully saturated rings. The van der Waals surface area contributed by atoms with Crippen molar-refractivity contribution >= 4 is 93.4 Å². The summed E-state index contributed by atoms with van der Waals surface area (Å²) in [5.41, 5.74) is 1.45. The summed E-state index contributed by atoms with van der Waals surface area (Å²) in [5, 5.41) is 73.1. The first-order valence-corrected chi connectivity index (χ1v) is 24.2. The predicted octanol–water partition coefficient (Wildman–Crippen LogP) is 2.04. The normalized spacial score (nSPS) is 11.5. The molecular formula is C44H73N11O13S2. The average Bonchev–Trinajstić information content (AvgIpc) is 3.31. The van der Waals surface area contributed by atoms with Crippen LogP contribution in [-0.2, 0) is 38.4 Å². The second-order valence-corrected chi connectivity index (χ2v) is 17.0. The van der Waals surface area contributed by atoms with Crippen molar-refractivity contribution in [2.45, 2.75) is 128 Å². The smallest absolute Gasteiger partial charge is 0.326 e. The minimum absolute atomic E-state index is 0.0706. The lowest BCUT2D eigenvalue weighted by molar-refractivity contribution is -0.166. The number of amides is 6. The molecule has 0 bridgehead atoms. The topological polar surface area (TPSA) is 344 Å². The van der Waals surface area contributed by atoms with E-state index in [0.29, 0.717) is 128 Å². The Morgan fingerprint density at radius 1 is 0.543 bits per heavy atom. The van der Waals surface area contributed by atoms with Crippen LogP contribution in [-0.4, -0.2) is 164 Å². The van der Waals surface area contributed by atoms with E-state index in [1.807, 2.05) is 0 Å². The highest BCUT2D eigenvalue weighted by atomic mass is 32.1. The van der Waals surface area contributed by atoms with Gasteiger partial charge in [-0.25, -0.2) is 20.0 Å². The fourth-order valence-electron chi connectivity index (χ4n) is 6.32. The maximum atomic E-state index is 12.3. The van der Waals surface area contributed by atoms with E-state index in [4.69, 9.17) is 29.5 Å². The van der Waals surface area contributed by atoms with Crippen LogP contribution < -0.4 is 42.5 Å². The second kappa shape index (κ2) is 37.1. The third kappa shape index (κ3) is 30.6. The van der Waals surface area contributed by atoms with Crippen molar-refractivity contribution in [1.29, 1.82) is 0 Å². The zero-order valence-electron chi connectivity index (χ0n) is 40.1. The number of nitrogens with zero attached hydrogens (tertiary/aromatic N) is 3. The van der Waals surface area contributed by atoms with Gasteiger partial charge >= 0.3 is 11.9 Å². The quantitative estimate of drug-likeness (QED) is 0.0196. The number of carboxylic acids is 2. The van der Waals surface area contributed by atoms with Crippen LogP contribution in [0.1, 0.15) is 116 Å². The molecule has 1 rings (SSSR count). The second-order valence-electron chi connectivity index (χ2n) is 16.2. The van der Waals surface area contributed by atoms with Crippen molar-refractivity contribution in [3.05, 3.63) is 24.3 Å². The van der Waals surface area contributed by atoms with Crippen LogP contribution in [0, 0.1) is 0 Å². The van der Waals surface area contributed by atoms with E-state index in [1.54, 1.807) is 24.3 Å². The first-order chi connectivity index (χ1) is 33.3. The van der Waals surface area contributed by atoms with Gasteiger partial charge in [-0.2, -0.15) is 0 Å². The van der Waals surface area contributed by atoms with Crippen LogP contribution in [0.15, 0.2) is 24.3 Å². The zero-order chi connectivity index (χ0) is 52.3. The molecule has 0 aromatic heterocycles. The number of hydrogen-bond donors (Lipinski definition) is 13. The Kier molecular flexibility index (Phi) is 33.0. The number of carboxylic acid groups (broad SMARTS) is 2. The fourth-order valence-corrected chi connectivity index (χ4v) is 6.76. The average molecular weight is 1030 g/mol. The van der Waals surface area contributed by atoms with Gasteiger partial charge in [-0.05, 0) is 133 Å². The Balaban J connectivity index is 2.12. The summed E-state index contributed by atoms with van der Waals surface area (Å²) < 4.78 is 0. The van der Waals surface area contributed by atoms with Crippen molar-refractivity contribution in [1.82, 2.24) is 47.1 Å². The first kappa shape index (κ1) is 62.2. The number of carbonyl (C=O) groups excluding carboxylic acids is 6. The molecule has 1 aromatic rings. The van der Waals surface area contributed by atoms with Gasteiger partial charge in [0, 0.05) is 89.8 Å². The van der Waals surface area contributed by atoms with Gasteiger partial charge in [0.15, 0.2) is 10.2 Å². The number of rotatable bonds is 37. The summed E-state index contributed by atoms with van der Waals surface area (Å²) >= 11 is 10.7. The van der Waals surface area contributed by atoms with Gasteiger partial charge in [0.2, 0.25) is 35.4 Å². The molecule has 0 radical (unpaired) electrons. The maximum Gasteiger partial charge on any atom is 0.326 e. The number of thiocarbonyl (C=S) groups is 2. The summed E-state index contributed by atoms with van der Waals surface area (Å²) in [6.45, 7) is 3.40. The van der Waals surface area contributed by atoms with Gasteiger partial charge in [-0.1, -0.05) is 0 Å². The van der Waals surface area contributed by atoms with Crippen molar-refractivity contribution in [3.63, 3.8) is 0 Å². The molecule has 70 heavy (non-hydrogen) atoms. The Bertz CT molecular complexity index is 1830. The van der Waals surface area contributed by atoms with Gasteiger partial charge in [0.1, 0.15) is 6.04 Å². The number of likely N-dealkylation sites (N-methyl/N-ethyl adjacent to an activating group) is 1. The van der Waals surface area contributed by atoms with E-state index in [-0.39, 0.29) is 63.6 Å². The summed E-state index contributed by atoms with van der Waals surface area (Å²) in [6.07, 6.45) is 5.76. The lowest BCUT2D eigenvalue weighted by Crippen LogP contribution is -2.50. The van der Waals surface area contributed by atoms with E-state index < -0.39 is 54.1 Å². The molecule has 0 unspecified atom stereocenters. The minimum atomic E-state index is -1.21. The van der Waals surface area contributed by atoms with Crippen molar-refractivity contribution < 1.29 is 64.2 Å². The Labute approximate surface area is 419 Å². The standard InChI is InChI=1S/C44H73N11O13S2/c1-31(56)53(66)27-11-3-7-23-46-36(57)19-21-38(59)54(67)28-12-4-8-24-47-37(58)20-22-39(60)55(68)29-13-5-9-25-48-43(69)50-32-15-17-33(18-16-32)51-44(70)49-26-10-6-14-34(42(64)65)52-41(63)35(45-2)30-40(61)62/h15-18,34-35,45,66-68H,3-14,19-30H2,1-2H3,(H,46,57)(H,47,58)(H,52,63)(H,61,62)(H,64,65)(H2,48,50,69)(H2,49,51,70)/t34-,35-/m0/s1. The lowest BCUT2D eigenvalue weighted by atomic mass is 10.1. The summed E-state index contributed by atoms with van der Waals surface area (Å²) in [4.78, 5) is 94.4. The number of unbranched alkanes of at least 4 members (excludes halogenated alkanes) is 7. The Morgan fingerprint density at radius 3 is 1.33 bits per heavy atom. The van der Waals surface area contributed by atoms with Gasteiger partial charge in [0.25, 0.3) is 0 Å². The molecule has 394 valence electrons. The van der Waals surface area contributed by atoms with Crippen molar-refractivity contribution in [2.24, 2.45) is 0 Å². The van der Waals surface area contributed by atoms with Crippen LogP contribution >= 0.6 is 24.4 Å². The van der Waals surface area contributed by atoms with Crippen molar-refractivity contribution in [2.75, 3.05) is 63.5 Å². The molecule has 0 aliphatic rings. The number of benzene rings is 1. The van der Waals surface area contributed by atoms with Crippen LogP contribution in [0.25, 0.3) is 0 Å². The molecule has 0 saturated carbocycles.